The summed E-state index contributed by atoms with van der Waals surface area (Å²) in [4.78, 5) is 27.7. The Morgan fingerprint density at radius 3 is 2.39 bits per heavy atom. The lowest BCUT2D eigenvalue weighted by atomic mass is 10.0. The maximum absolute atomic E-state index is 13.6. The summed E-state index contributed by atoms with van der Waals surface area (Å²) >= 11 is 7.59. The average Bonchev–Trinajstić information content (AvgIpc) is 3.32. The molecule has 0 saturated heterocycles. The zero-order valence-electron chi connectivity index (χ0n) is 21.0. The second-order valence-corrected chi connectivity index (χ2v) is 9.91. The molecule has 0 fully saturated rings. The smallest absolute Gasteiger partial charge is 0.341 e. The lowest BCUT2D eigenvalue weighted by molar-refractivity contribution is 0.0529. The fourth-order valence-electron chi connectivity index (χ4n) is 4.54. The summed E-state index contributed by atoms with van der Waals surface area (Å²) in [7, 11) is 0. The number of nitrogens with zero attached hydrogens (tertiary/aromatic N) is 1. The summed E-state index contributed by atoms with van der Waals surface area (Å²) in [5, 5.41) is 5.03. The molecule has 0 aliphatic carbocycles. The van der Waals surface area contributed by atoms with Crippen molar-refractivity contribution >= 4 is 50.7 Å². The number of aromatic nitrogens is 1. The molecule has 4 aromatic rings. The van der Waals surface area contributed by atoms with Crippen molar-refractivity contribution in [1.82, 2.24) is 4.57 Å². The van der Waals surface area contributed by atoms with Gasteiger partial charge in [-0.2, -0.15) is 0 Å². The monoisotopic (exact) mass is 524 g/mol. The van der Waals surface area contributed by atoms with E-state index >= 15 is 0 Å². The standard InChI is InChI=1S/C28H29ClN2O4S/c1-6-31-22-14-11-19(29)15-21(22)16(4)25(31)26(32)30-27-24(28(33)35-8-3)23(17(5)36-27)18-9-12-20(13-10-18)34-7-2/h9-15H,6-8H2,1-5H3,(H,30,32). The molecule has 1 amide bonds. The van der Waals surface area contributed by atoms with Crippen LogP contribution in [0.1, 0.15) is 52.1 Å². The highest BCUT2D eigenvalue weighted by Crippen LogP contribution is 2.41. The predicted octanol–water partition coefficient (Wildman–Crippen LogP) is 7.49. The van der Waals surface area contributed by atoms with Crippen molar-refractivity contribution in [3.63, 3.8) is 0 Å². The highest BCUT2D eigenvalue weighted by atomic mass is 35.5. The Morgan fingerprint density at radius 1 is 1.03 bits per heavy atom. The third kappa shape index (κ3) is 4.73. The molecule has 188 valence electrons. The first-order valence-electron chi connectivity index (χ1n) is 11.9. The van der Waals surface area contributed by atoms with Crippen molar-refractivity contribution in [2.75, 3.05) is 18.5 Å². The lowest BCUT2D eigenvalue weighted by Crippen LogP contribution is -2.19. The highest BCUT2D eigenvalue weighted by molar-refractivity contribution is 7.17. The Labute approximate surface area is 219 Å². The molecule has 0 aliphatic rings. The van der Waals surface area contributed by atoms with E-state index in [1.807, 2.05) is 74.7 Å². The Balaban J connectivity index is 1.79. The molecule has 0 spiro atoms. The molecule has 0 aliphatic heterocycles. The lowest BCUT2D eigenvalue weighted by Gasteiger charge is -2.12. The number of benzene rings is 2. The number of carbonyl (C=O) groups is 2. The van der Waals surface area contributed by atoms with E-state index in [4.69, 9.17) is 21.1 Å². The minimum absolute atomic E-state index is 0.230. The molecule has 0 saturated carbocycles. The molecule has 6 nitrogen and oxygen atoms in total. The molecule has 4 rings (SSSR count). The van der Waals surface area contributed by atoms with Gasteiger partial charge in [0.05, 0.1) is 13.2 Å². The Kier molecular flexibility index (Phi) is 7.71. The number of hydrogen-bond donors (Lipinski definition) is 1. The van der Waals surface area contributed by atoms with E-state index in [0.717, 1.165) is 38.2 Å². The number of nitrogens with one attached hydrogen (secondary N) is 1. The highest BCUT2D eigenvalue weighted by Gasteiger charge is 2.27. The summed E-state index contributed by atoms with van der Waals surface area (Å²) in [6, 6.07) is 13.2. The van der Waals surface area contributed by atoms with Crippen molar-refractivity contribution in [2.24, 2.45) is 0 Å². The van der Waals surface area contributed by atoms with Crippen LogP contribution in [0.25, 0.3) is 22.0 Å². The summed E-state index contributed by atoms with van der Waals surface area (Å²) in [6.45, 7) is 10.9. The van der Waals surface area contributed by atoms with Crippen LogP contribution in [0.5, 0.6) is 5.75 Å². The van der Waals surface area contributed by atoms with Gasteiger partial charge in [-0.1, -0.05) is 23.7 Å². The molecule has 2 heterocycles. The molecule has 1 N–H and O–H groups in total. The van der Waals surface area contributed by atoms with E-state index in [0.29, 0.717) is 34.4 Å². The van der Waals surface area contributed by atoms with Crippen LogP contribution in [0.3, 0.4) is 0 Å². The van der Waals surface area contributed by atoms with E-state index in [2.05, 4.69) is 5.32 Å². The van der Waals surface area contributed by atoms with Crippen LogP contribution in [-0.2, 0) is 11.3 Å². The van der Waals surface area contributed by atoms with E-state index in [1.165, 1.54) is 11.3 Å². The third-order valence-electron chi connectivity index (χ3n) is 6.05. The number of thiophene rings is 1. The summed E-state index contributed by atoms with van der Waals surface area (Å²) in [5.74, 6) is -0.00407. The molecule has 0 atom stereocenters. The number of hydrogen-bond acceptors (Lipinski definition) is 5. The van der Waals surface area contributed by atoms with Gasteiger partial charge in [0.1, 0.15) is 22.0 Å². The first kappa shape index (κ1) is 25.8. The van der Waals surface area contributed by atoms with Gasteiger partial charge < -0.3 is 19.4 Å². The zero-order chi connectivity index (χ0) is 26.0. The molecule has 2 aromatic carbocycles. The normalized spacial score (nSPS) is 11.1. The number of ether oxygens (including phenoxy) is 2. The van der Waals surface area contributed by atoms with Gasteiger partial charge in [0.25, 0.3) is 5.91 Å². The van der Waals surface area contributed by atoms with Crippen LogP contribution in [0.2, 0.25) is 5.02 Å². The maximum atomic E-state index is 13.6. The van der Waals surface area contributed by atoms with Crippen LogP contribution in [0, 0.1) is 13.8 Å². The molecular formula is C28H29ClN2O4S. The van der Waals surface area contributed by atoms with Gasteiger partial charge in [-0.3, -0.25) is 4.79 Å². The zero-order valence-corrected chi connectivity index (χ0v) is 22.6. The summed E-state index contributed by atoms with van der Waals surface area (Å²) in [6.07, 6.45) is 0. The van der Waals surface area contributed by atoms with Gasteiger partial charge in [-0.25, -0.2) is 4.79 Å². The fourth-order valence-corrected chi connectivity index (χ4v) is 5.77. The second kappa shape index (κ2) is 10.8. The molecule has 0 bridgehead atoms. The number of rotatable bonds is 8. The van der Waals surface area contributed by atoms with Crippen LogP contribution < -0.4 is 10.1 Å². The Bertz CT molecular complexity index is 1440. The van der Waals surface area contributed by atoms with E-state index < -0.39 is 5.97 Å². The number of esters is 1. The van der Waals surface area contributed by atoms with Crippen LogP contribution in [-0.4, -0.2) is 29.7 Å². The van der Waals surface area contributed by atoms with Crippen molar-refractivity contribution in [3.8, 4) is 16.9 Å². The number of amides is 1. The van der Waals surface area contributed by atoms with Gasteiger partial charge in [-0.15, -0.1) is 11.3 Å². The minimum Gasteiger partial charge on any atom is -0.494 e. The number of aryl methyl sites for hydroxylation is 3. The molecule has 8 heteroatoms. The maximum Gasteiger partial charge on any atom is 0.341 e. The summed E-state index contributed by atoms with van der Waals surface area (Å²) < 4.78 is 12.9. The fraction of sp³-hybridized carbons (Fsp3) is 0.286. The van der Waals surface area contributed by atoms with E-state index in [1.54, 1.807) is 6.92 Å². The van der Waals surface area contributed by atoms with Crippen molar-refractivity contribution < 1.29 is 19.1 Å². The quantitative estimate of drug-likeness (QED) is 0.242. The van der Waals surface area contributed by atoms with Crippen molar-refractivity contribution in [2.45, 2.75) is 41.2 Å². The minimum atomic E-state index is -0.472. The van der Waals surface area contributed by atoms with Crippen molar-refractivity contribution in [3.05, 3.63) is 69.2 Å². The average molecular weight is 525 g/mol. The molecule has 0 unspecified atom stereocenters. The van der Waals surface area contributed by atoms with Crippen LogP contribution >= 0.6 is 22.9 Å². The topological polar surface area (TPSA) is 69.6 Å². The van der Waals surface area contributed by atoms with E-state index in [9.17, 15) is 9.59 Å². The Hall–Kier alpha value is -3.29. The second-order valence-electron chi connectivity index (χ2n) is 8.25. The first-order chi connectivity index (χ1) is 17.3. The van der Waals surface area contributed by atoms with Gasteiger partial charge >= 0.3 is 5.97 Å². The van der Waals surface area contributed by atoms with Gasteiger partial charge in [0, 0.05) is 32.9 Å². The third-order valence-corrected chi connectivity index (χ3v) is 7.31. The number of carbonyl (C=O) groups excluding carboxylic acids is 2. The van der Waals surface area contributed by atoms with Gasteiger partial charge in [-0.05, 0) is 76.1 Å². The van der Waals surface area contributed by atoms with Crippen molar-refractivity contribution in [1.29, 1.82) is 0 Å². The van der Waals surface area contributed by atoms with Crippen LogP contribution in [0.4, 0.5) is 5.00 Å². The van der Waals surface area contributed by atoms with Gasteiger partial charge in [0.2, 0.25) is 0 Å². The molecular weight excluding hydrogens is 496 g/mol. The predicted molar refractivity (Wildman–Crippen MR) is 147 cm³/mol. The van der Waals surface area contributed by atoms with E-state index in [-0.39, 0.29) is 12.5 Å². The summed E-state index contributed by atoms with van der Waals surface area (Å²) in [5.41, 5.74) is 4.27. The molecule has 0 radical (unpaired) electrons. The SMILES string of the molecule is CCOC(=O)c1c(NC(=O)c2c(C)c3cc(Cl)ccc3n2CC)sc(C)c1-c1ccc(OCC)cc1. The largest absolute Gasteiger partial charge is 0.494 e. The number of fused-ring (bicyclic) bond motifs is 1. The van der Waals surface area contributed by atoms with Gasteiger partial charge in [0.15, 0.2) is 0 Å². The molecule has 2 aromatic heterocycles. The number of anilines is 1. The number of halogens is 1. The van der Waals surface area contributed by atoms with Crippen LogP contribution in [0.15, 0.2) is 42.5 Å². The first-order valence-corrected chi connectivity index (χ1v) is 13.1. The Morgan fingerprint density at radius 2 is 1.75 bits per heavy atom. The molecule has 36 heavy (non-hydrogen) atoms.